The molecule has 3 aromatic rings. The smallest absolute Gasteiger partial charge is 0.264 e. The van der Waals surface area contributed by atoms with Crippen LogP contribution in [-0.2, 0) is 4.79 Å². The summed E-state index contributed by atoms with van der Waals surface area (Å²) in [6.07, 6.45) is -0.918. The van der Waals surface area contributed by atoms with Crippen molar-refractivity contribution in [3.63, 3.8) is 0 Å². The topological polar surface area (TPSA) is 68.2 Å². The van der Waals surface area contributed by atoms with Crippen molar-refractivity contribution in [3.8, 4) is 17.2 Å². The van der Waals surface area contributed by atoms with Crippen molar-refractivity contribution in [3.05, 3.63) is 83.9 Å². The predicted octanol–water partition coefficient (Wildman–Crippen LogP) is 4.20. The van der Waals surface area contributed by atoms with Crippen molar-refractivity contribution in [1.29, 1.82) is 0 Å². The standard InChI is InChI=1S/C24H24ClNO5/c1-29-21-13-9-19(10-14-21)26(24(28)17-31-22-5-3-2-4-6-22)15-20(27)16-30-23-11-7-18(25)8-12-23/h2-14,20,27H,15-17H2,1H3. The Morgan fingerprint density at radius 1 is 0.903 bits per heavy atom. The lowest BCUT2D eigenvalue weighted by molar-refractivity contribution is -0.121. The van der Waals surface area contributed by atoms with E-state index >= 15 is 0 Å². The van der Waals surface area contributed by atoms with E-state index in [9.17, 15) is 9.90 Å². The van der Waals surface area contributed by atoms with E-state index in [2.05, 4.69) is 0 Å². The lowest BCUT2D eigenvalue weighted by Gasteiger charge is -2.26. The van der Waals surface area contributed by atoms with Gasteiger partial charge in [0.1, 0.15) is 30.0 Å². The van der Waals surface area contributed by atoms with E-state index in [1.54, 1.807) is 67.8 Å². The maximum atomic E-state index is 12.9. The van der Waals surface area contributed by atoms with Gasteiger partial charge in [0, 0.05) is 10.7 Å². The van der Waals surface area contributed by atoms with E-state index < -0.39 is 6.10 Å². The molecule has 1 N–H and O–H groups in total. The number of carbonyl (C=O) groups is 1. The highest BCUT2D eigenvalue weighted by Crippen LogP contribution is 2.21. The molecule has 162 valence electrons. The Kier molecular flexibility index (Phi) is 8.15. The number of aliphatic hydroxyl groups is 1. The Bertz CT molecular complexity index is 948. The van der Waals surface area contributed by atoms with Gasteiger partial charge in [0.05, 0.1) is 13.7 Å². The number of hydrogen-bond acceptors (Lipinski definition) is 5. The summed E-state index contributed by atoms with van der Waals surface area (Å²) in [4.78, 5) is 14.4. The summed E-state index contributed by atoms with van der Waals surface area (Å²) < 4.78 is 16.4. The quantitative estimate of drug-likeness (QED) is 0.510. The van der Waals surface area contributed by atoms with Crippen LogP contribution in [0.25, 0.3) is 0 Å². The lowest BCUT2D eigenvalue weighted by Crippen LogP contribution is -2.42. The Morgan fingerprint density at radius 2 is 1.52 bits per heavy atom. The van der Waals surface area contributed by atoms with Gasteiger partial charge in [-0.3, -0.25) is 4.79 Å². The predicted molar refractivity (Wildman–Crippen MR) is 120 cm³/mol. The molecule has 3 aromatic carbocycles. The molecule has 0 fully saturated rings. The van der Waals surface area contributed by atoms with Crippen LogP contribution >= 0.6 is 11.6 Å². The summed E-state index contributed by atoms with van der Waals surface area (Å²) >= 11 is 5.87. The van der Waals surface area contributed by atoms with Gasteiger partial charge in [0.15, 0.2) is 6.61 Å². The lowest BCUT2D eigenvalue weighted by atomic mass is 10.2. The number of halogens is 1. The second-order valence-corrected chi connectivity index (χ2v) is 7.16. The fourth-order valence-electron chi connectivity index (χ4n) is 2.84. The largest absolute Gasteiger partial charge is 0.497 e. The molecule has 0 aliphatic heterocycles. The van der Waals surface area contributed by atoms with Crippen LogP contribution in [0.2, 0.25) is 5.02 Å². The minimum atomic E-state index is -0.918. The third-order valence-electron chi connectivity index (χ3n) is 4.44. The molecule has 0 aliphatic rings. The number of rotatable bonds is 10. The summed E-state index contributed by atoms with van der Waals surface area (Å²) in [6, 6.07) is 23.0. The Labute approximate surface area is 186 Å². The highest BCUT2D eigenvalue weighted by atomic mass is 35.5. The summed E-state index contributed by atoms with van der Waals surface area (Å²) in [6.45, 7) is -0.112. The summed E-state index contributed by atoms with van der Waals surface area (Å²) in [5.41, 5.74) is 0.619. The molecular formula is C24H24ClNO5. The number of ether oxygens (including phenoxy) is 3. The van der Waals surface area contributed by atoms with E-state index in [4.69, 9.17) is 25.8 Å². The minimum Gasteiger partial charge on any atom is -0.497 e. The van der Waals surface area contributed by atoms with Gasteiger partial charge < -0.3 is 24.2 Å². The Morgan fingerprint density at radius 3 is 2.16 bits per heavy atom. The van der Waals surface area contributed by atoms with E-state index in [0.717, 1.165) is 0 Å². The SMILES string of the molecule is COc1ccc(N(CC(O)COc2ccc(Cl)cc2)C(=O)COc2ccccc2)cc1. The molecule has 6 nitrogen and oxygen atoms in total. The maximum Gasteiger partial charge on any atom is 0.264 e. The monoisotopic (exact) mass is 441 g/mol. The second-order valence-electron chi connectivity index (χ2n) is 6.72. The molecule has 0 heterocycles. The fraction of sp³-hybridized carbons (Fsp3) is 0.208. The highest BCUT2D eigenvalue weighted by molar-refractivity contribution is 6.30. The first-order valence-corrected chi connectivity index (χ1v) is 10.1. The zero-order valence-electron chi connectivity index (χ0n) is 17.1. The van der Waals surface area contributed by atoms with Crippen molar-refractivity contribution in [2.24, 2.45) is 0 Å². The van der Waals surface area contributed by atoms with Crippen LogP contribution in [0.4, 0.5) is 5.69 Å². The normalized spacial score (nSPS) is 11.5. The molecule has 31 heavy (non-hydrogen) atoms. The third-order valence-corrected chi connectivity index (χ3v) is 4.69. The third kappa shape index (κ3) is 6.91. The number of amides is 1. The van der Waals surface area contributed by atoms with E-state index in [-0.39, 0.29) is 25.7 Å². The molecular weight excluding hydrogens is 418 g/mol. The van der Waals surface area contributed by atoms with Crippen molar-refractivity contribution < 1.29 is 24.1 Å². The number of carbonyl (C=O) groups excluding carboxylic acids is 1. The molecule has 0 spiro atoms. The molecule has 0 radical (unpaired) electrons. The van der Waals surface area contributed by atoms with Crippen molar-refractivity contribution >= 4 is 23.2 Å². The molecule has 1 atom stereocenters. The van der Waals surface area contributed by atoms with Crippen LogP contribution in [0.5, 0.6) is 17.2 Å². The number of benzene rings is 3. The van der Waals surface area contributed by atoms with Gasteiger partial charge in [0.2, 0.25) is 0 Å². The molecule has 1 amide bonds. The van der Waals surface area contributed by atoms with Crippen LogP contribution in [0, 0.1) is 0 Å². The zero-order chi connectivity index (χ0) is 22.1. The Hall–Kier alpha value is -3.22. The van der Waals surface area contributed by atoms with Gasteiger partial charge in [-0.25, -0.2) is 0 Å². The number of methoxy groups -OCH3 is 1. The van der Waals surface area contributed by atoms with Gasteiger partial charge in [-0.2, -0.15) is 0 Å². The van der Waals surface area contributed by atoms with E-state index in [1.807, 2.05) is 18.2 Å². The van der Waals surface area contributed by atoms with E-state index in [0.29, 0.717) is 28.0 Å². The molecule has 3 rings (SSSR count). The average Bonchev–Trinajstić information content (AvgIpc) is 2.81. The van der Waals surface area contributed by atoms with Gasteiger partial charge in [-0.15, -0.1) is 0 Å². The summed E-state index contributed by atoms with van der Waals surface area (Å²) in [5, 5.41) is 11.1. The number of aliphatic hydroxyl groups excluding tert-OH is 1. The van der Waals surface area contributed by atoms with Crippen LogP contribution in [0.3, 0.4) is 0 Å². The molecule has 7 heteroatoms. The van der Waals surface area contributed by atoms with E-state index in [1.165, 1.54) is 4.90 Å². The summed E-state index contributed by atoms with van der Waals surface area (Å²) in [7, 11) is 1.57. The zero-order valence-corrected chi connectivity index (χ0v) is 17.9. The number of hydrogen-bond donors (Lipinski definition) is 1. The highest BCUT2D eigenvalue weighted by Gasteiger charge is 2.21. The van der Waals surface area contributed by atoms with Gasteiger partial charge in [0.25, 0.3) is 5.91 Å². The molecule has 0 aromatic heterocycles. The van der Waals surface area contributed by atoms with Gasteiger partial charge in [-0.05, 0) is 60.7 Å². The van der Waals surface area contributed by atoms with Crippen LogP contribution in [0.1, 0.15) is 0 Å². The molecule has 1 unspecified atom stereocenters. The first-order valence-electron chi connectivity index (χ1n) is 9.74. The number of nitrogens with zero attached hydrogens (tertiary/aromatic N) is 1. The van der Waals surface area contributed by atoms with Crippen molar-refractivity contribution in [2.45, 2.75) is 6.10 Å². The van der Waals surface area contributed by atoms with Crippen LogP contribution in [-0.4, -0.2) is 44.0 Å². The number of para-hydroxylation sites is 1. The molecule has 0 bridgehead atoms. The van der Waals surface area contributed by atoms with Crippen LogP contribution in [0.15, 0.2) is 78.9 Å². The molecule has 0 aliphatic carbocycles. The molecule has 0 saturated carbocycles. The van der Waals surface area contributed by atoms with Gasteiger partial charge >= 0.3 is 0 Å². The van der Waals surface area contributed by atoms with Crippen LogP contribution < -0.4 is 19.1 Å². The van der Waals surface area contributed by atoms with Crippen molar-refractivity contribution in [2.75, 3.05) is 31.8 Å². The second kappa shape index (κ2) is 11.2. The average molecular weight is 442 g/mol. The fourth-order valence-corrected chi connectivity index (χ4v) is 2.97. The van der Waals surface area contributed by atoms with Gasteiger partial charge in [-0.1, -0.05) is 29.8 Å². The first kappa shape index (κ1) is 22.5. The maximum absolute atomic E-state index is 12.9. The first-order chi connectivity index (χ1) is 15.0. The minimum absolute atomic E-state index is 0.0150. The summed E-state index contributed by atoms with van der Waals surface area (Å²) in [5.74, 6) is 1.55. The number of anilines is 1. The van der Waals surface area contributed by atoms with Crippen molar-refractivity contribution in [1.82, 2.24) is 0 Å². The Balaban J connectivity index is 1.66. The molecule has 0 saturated heterocycles.